The van der Waals surface area contributed by atoms with Gasteiger partial charge in [-0.3, -0.25) is 4.79 Å². The molecule has 0 atom stereocenters. The van der Waals surface area contributed by atoms with Gasteiger partial charge in [-0.25, -0.2) is 4.98 Å². The smallest absolute Gasteiger partial charge is 0.239 e. The molecule has 1 amide bonds. The number of anilines is 1. The first-order valence-corrected chi connectivity index (χ1v) is 7.01. The van der Waals surface area contributed by atoms with Gasteiger partial charge in [0.2, 0.25) is 5.91 Å². The van der Waals surface area contributed by atoms with Crippen molar-refractivity contribution in [2.75, 3.05) is 24.5 Å². The van der Waals surface area contributed by atoms with Gasteiger partial charge in [0, 0.05) is 24.2 Å². The van der Waals surface area contributed by atoms with Crippen molar-refractivity contribution in [1.29, 1.82) is 5.26 Å². The summed E-state index contributed by atoms with van der Waals surface area (Å²) < 4.78 is 0. The molecule has 1 aromatic heterocycles. The number of pyridine rings is 1. The number of para-hydroxylation sites is 1. The molecule has 2 aromatic rings. The summed E-state index contributed by atoms with van der Waals surface area (Å²) in [6.45, 7) is 5.43. The maximum atomic E-state index is 11.8. The second-order valence-electron chi connectivity index (χ2n) is 4.62. The number of rotatable bonds is 5. The Hall–Kier alpha value is -2.61. The van der Waals surface area contributed by atoms with Crippen LogP contribution in [0.2, 0.25) is 0 Å². The Balaban J connectivity index is 2.47. The van der Waals surface area contributed by atoms with E-state index in [0.717, 1.165) is 16.6 Å². The monoisotopic (exact) mass is 282 g/mol. The van der Waals surface area contributed by atoms with Crippen LogP contribution in [-0.4, -0.2) is 30.5 Å². The van der Waals surface area contributed by atoms with Crippen LogP contribution in [0.4, 0.5) is 5.69 Å². The lowest BCUT2D eigenvalue weighted by Crippen LogP contribution is -2.37. The molecule has 0 spiro atoms. The first-order chi connectivity index (χ1) is 10.2. The van der Waals surface area contributed by atoms with Crippen LogP contribution >= 0.6 is 0 Å². The van der Waals surface area contributed by atoms with E-state index in [1.807, 2.05) is 43.0 Å². The van der Waals surface area contributed by atoms with Gasteiger partial charge in [0.15, 0.2) is 0 Å². The quantitative estimate of drug-likeness (QED) is 0.911. The molecule has 0 saturated heterocycles. The van der Waals surface area contributed by atoms with E-state index >= 15 is 0 Å². The Morgan fingerprint density at radius 3 is 2.81 bits per heavy atom. The molecular formula is C16H18N4O. The minimum atomic E-state index is -0.0289. The zero-order valence-electron chi connectivity index (χ0n) is 12.3. The van der Waals surface area contributed by atoms with E-state index in [2.05, 4.69) is 16.4 Å². The molecule has 0 saturated carbocycles. The molecule has 21 heavy (non-hydrogen) atoms. The number of hydrogen-bond acceptors (Lipinski definition) is 4. The Kier molecular flexibility index (Phi) is 4.72. The predicted molar refractivity (Wildman–Crippen MR) is 83.0 cm³/mol. The molecule has 0 radical (unpaired) electrons. The van der Waals surface area contributed by atoms with Crippen molar-refractivity contribution < 1.29 is 4.79 Å². The predicted octanol–water partition coefficient (Wildman–Crippen LogP) is 2.07. The van der Waals surface area contributed by atoms with Crippen molar-refractivity contribution in [2.45, 2.75) is 13.8 Å². The molecule has 0 fully saturated rings. The summed E-state index contributed by atoms with van der Waals surface area (Å²) in [5, 5.41) is 12.9. The fourth-order valence-corrected chi connectivity index (χ4v) is 2.27. The van der Waals surface area contributed by atoms with Crippen LogP contribution in [0.15, 0.2) is 30.3 Å². The average molecular weight is 282 g/mol. The molecule has 0 aliphatic rings. The van der Waals surface area contributed by atoms with Gasteiger partial charge in [-0.2, -0.15) is 5.26 Å². The first-order valence-electron chi connectivity index (χ1n) is 7.01. The first kappa shape index (κ1) is 14.8. The van der Waals surface area contributed by atoms with Crippen LogP contribution in [0, 0.1) is 11.3 Å². The van der Waals surface area contributed by atoms with Crippen molar-refractivity contribution >= 4 is 22.5 Å². The number of carbonyl (C=O) groups excluding carboxylic acids is 1. The SMILES string of the molecule is CCNC(=O)CN(CC)c1cc(C#N)nc2ccccc12. The van der Waals surface area contributed by atoms with Crippen LogP contribution in [0.1, 0.15) is 19.5 Å². The van der Waals surface area contributed by atoms with Gasteiger partial charge in [-0.1, -0.05) is 18.2 Å². The maximum Gasteiger partial charge on any atom is 0.239 e. The van der Waals surface area contributed by atoms with Gasteiger partial charge in [-0.15, -0.1) is 0 Å². The number of fused-ring (bicyclic) bond motifs is 1. The minimum absolute atomic E-state index is 0.0289. The molecular weight excluding hydrogens is 264 g/mol. The van der Waals surface area contributed by atoms with Gasteiger partial charge in [-0.05, 0) is 26.0 Å². The highest BCUT2D eigenvalue weighted by Crippen LogP contribution is 2.26. The number of likely N-dealkylation sites (N-methyl/N-ethyl adjacent to an activating group) is 2. The number of benzene rings is 1. The topological polar surface area (TPSA) is 69.0 Å². The van der Waals surface area contributed by atoms with E-state index in [9.17, 15) is 4.79 Å². The number of nitrogens with one attached hydrogen (secondary N) is 1. The van der Waals surface area contributed by atoms with E-state index in [-0.39, 0.29) is 12.5 Å². The number of nitriles is 1. The van der Waals surface area contributed by atoms with Gasteiger partial charge in [0.05, 0.1) is 12.1 Å². The number of nitrogens with zero attached hydrogens (tertiary/aromatic N) is 3. The summed E-state index contributed by atoms with van der Waals surface area (Å²) in [6, 6.07) is 11.5. The summed E-state index contributed by atoms with van der Waals surface area (Å²) in [7, 11) is 0. The number of amides is 1. The highest BCUT2D eigenvalue weighted by Gasteiger charge is 2.14. The molecule has 5 nitrogen and oxygen atoms in total. The Labute approximate surface area is 124 Å². The standard InChI is InChI=1S/C16H18N4O/c1-3-18-16(21)11-20(4-2)15-9-12(10-17)19-14-8-6-5-7-13(14)15/h5-9H,3-4,11H2,1-2H3,(H,18,21). The Bertz CT molecular complexity index is 690. The van der Waals surface area contributed by atoms with Crippen molar-refractivity contribution in [1.82, 2.24) is 10.3 Å². The van der Waals surface area contributed by atoms with Crippen molar-refractivity contribution in [3.63, 3.8) is 0 Å². The number of aromatic nitrogens is 1. The van der Waals surface area contributed by atoms with Gasteiger partial charge in [0.1, 0.15) is 11.8 Å². The van der Waals surface area contributed by atoms with E-state index < -0.39 is 0 Å². The largest absolute Gasteiger partial charge is 0.362 e. The fraction of sp³-hybridized carbons (Fsp3) is 0.312. The molecule has 1 N–H and O–H groups in total. The zero-order chi connectivity index (χ0) is 15.2. The summed E-state index contributed by atoms with van der Waals surface area (Å²) in [5.74, 6) is -0.0289. The lowest BCUT2D eigenvalue weighted by molar-refractivity contribution is -0.119. The summed E-state index contributed by atoms with van der Waals surface area (Å²) in [6.07, 6.45) is 0. The normalized spacial score (nSPS) is 10.1. The fourth-order valence-electron chi connectivity index (χ4n) is 2.27. The third kappa shape index (κ3) is 3.29. The second-order valence-corrected chi connectivity index (χ2v) is 4.62. The number of hydrogen-bond donors (Lipinski definition) is 1. The molecule has 2 rings (SSSR count). The average Bonchev–Trinajstić information content (AvgIpc) is 2.51. The third-order valence-electron chi connectivity index (χ3n) is 3.24. The van der Waals surface area contributed by atoms with Gasteiger partial charge >= 0.3 is 0 Å². The molecule has 0 unspecified atom stereocenters. The van der Waals surface area contributed by atoms with Crippen molar-refractivity contribution in [2.24, 2.45) is 0 Å². The van der Waals surface area contributed by atoms with E-state index in [0.29, 0.717) is 18.8 Å². The van der Waals surface area contributed by atoms with Crippen LogP contribution < -0.4 is 10.2 Å². The zero-order valence-corrected chi connectivity index (χ0v) is 12.3. The van der Waals surface area contributed by atoms with E-state index in [1.54, 1.807) is 6.07 Å². The summed E-state index contributed by atoms with van der Waals surface area (Å²) in [4.78, 5) is 18.1. The summed E-state index contributed by atoms with van der Waals surface area (Å²) >= 11 is 0. The van der Waals surface area contributed by atoms with Crippen molar-refractivity contribution in [3.05, 3.63) is 36.0 Å². The minimum Gasteiger partial charge on any atom is -0.362 e. The molecule has 108 valence electrons. The van der Waals surface area contributed by atoms with E-state index in [1.165, 1.54) is 0 Å². The molecule has 0 aliphatic carbocycles. The summed E-state index contributed by atoms with van der Waals surface area (Å²) in [5.41, 5.74) is 1.99. The Morgan fingerprint density at radius 2 is 2.14 bits per heavy atom. The lowest BCUT2D eigenvalue weighted by atomic mass is 10.1. The van der Waals surface area contributed by atoms with Crippen LogP contribution in [0.3, 0.4) is 0 Å². The third-order valence-corrected chi connectivity index (χ3v) is 3.24. The highest BCUT2D eigenvalue weighted by atomic mass is 16.2. The molecule has 1 aromatic carbocycles. The Morgan fingerprint density at radius 1 is 1.38 bits per heavy atom. The lowest BCUT2D eigenvalue weighted by Gasteiger charge is -2.24. The van der Waals surface area contributed by atoms with Crippen molar-refractivity contribution in [3.8, 4) is 6.07 Å². The molecule has 1 heterocycles. The molecule has 0 bridgehead atoms. The number of carbonyl (C=O) groups is 1. The molecule has 0 aliphatic heterocycles. The van der Waals surface area contributed by atoms with Gasteiger partial charge in [0.25, 0.3) is 0 Å². The highest BCUT2D eigenvalue weighted by molar-refractivity contribution is 5.94. The molecule has 5 heteroatoms. The van der Waals surface area contributed by atoms with Crippen LogP contribution in [0.25, 0.3) is 10.9 Å². The van der Waals surface area contributed by atoms with Gasteiger partial charge < -0.3 is 10.2 Å². The van der Waals surface area contributed by atoms with E-state index in [4.69, 9.17) is 5.26 Å². The van der Waals surface area contributed by atoms with Crippen LogP contribution in [-0.2, 0) is 4.79 Å². The maximum absolute atomic E-state index is 11.8. The van der Waals surface area contributed by atoms with Crippen LogP contribution in [0.5, 0.6) is 0 Å². The second kappa shape index (κ2) is 6.71.